The van der Waals surface area contributed by atoms with E-state index in [0.29, 0.717) is 17.7 Å². The van der Waals surface area contributed by atoms with Crippen LogP contribution in [0.5, 0.6) is 5.75 Å². The Morgan fingerprint density at radius 1 is 0.865 bits per heavy atom. The van der Waals surface area contributed by atoms with Crippen molar-refractivity contribution in [2.45, 2.75) is 103 Å². The number of rotatable bonds is 17. The third kappa shape index (κ3) is 11.0. The van der Waals surface area contributed by atoms with Gasteiger partial charge in [0, 0.05) is 5.69 Å². The van der Waals surface area contributed by atoms with Gasteiger partial charge in [-0.3, -0.25) is 4.79 Å². The molecule has 0 fully saturated rings. The van der Waals surface area contributed by atoms with E-state index in [2.05, 4.69) is 12.2 Å². The Bertz CT molecular complexity index is 962. The van der Waals surface area contributed by atoms with Crippen LogP contribution in [0.4, 0.5) is 18.9 Å². The number of aryl methyl sites for hydroxylation is 1. The summed E-state index contributed by atoms with van der Waals surface area (Å²) in [6.45, 7) is 2.24. The first-order chi connectivity index (χ1) is 17.8. The van der Waals surface area contributed by atoms with Crippen LogP contribution in [0.2, 0.25) is 5.02 Å². The fourth-order valence-electron chi connectivity index (χ4n) is 4.56. The number of ether oxygens (including phenoxy) is 1. The molecule has 0 aliphatic carbocycles. The highest BCUT2D eigenvalue weighted by atomic mass is 35.5. The van der Waals surface area contributed by atoms with E-state index in [1.54, 1.807) is 6.07 Å². The summed E-state index contributed by atoms with van der Waals surface area (Å²) in [7, 11) is 1.48. The number of benzene rings is 2. The Labute approximate surface area is 225 Å². The lowest BCUT2D eigenvalue weighted by Crippen LogP contribution is -2.16. The largest absolute Gasteiger partial charge is 0.496 e. The van der Waals surface area contributed by atoms with Crippen LogP contribution in [0.3, 0.4) is 0 Å². The van der Waals surface area contributed by atoms with Crippen molar-refractivity contribution in [3.63, 3.8) is 0 Å². The van der Waals surface area contributed by atoms with E-state index in [9.17, 15) is 18.0 Å². The molecule has 2 aromatic carbocycles. The van der Waals surface area contributed by atoms with Gasteiger partial charge in [0.05, 0.1) is 23.3 Å². The summed E-state index contributed by atoms with van der Waals surface area (Å²) in [5, 5.41) is 2.17. The van der Waals surface area contributed by atoms with Gasteiger partial charge in [-0.05, 0) is 42.7 Å². The third-order valence-electron chi connectivity index (χ3n) is 6.64. The predicted octanol–water partition coefficient (Wildman–Crippen LogP) is 10.3. The number of hydrogen-bond acceptors (Lipinski definition) is 2. The summed E-state index contributed by atoms with van der Waals surface area (Å²) < 4.78 is 45.0. The topological polar surface area (TPSA) is 38.3 Å². The number of carbonyl (C=O) groups excluding carboxylic acids is 1. The van der Waals surface area contributed by atoms with E-state index in [0.717, 1.165) is 37.0 Å². The molecular formula is C30H41ClF3NO2. The van der Waals surface area contributed by atoms with Crippen LogP contribution in [0.15, 0.2) is 36.4 Å². The van der Waals surface area contributed by atoms with Gasteiger partial charge in [0.15, 0.2) is 0 Å². The first-order valence-electron chi connectivity index (χ1n) is 13.6. The predicted molar refractivity (Wildman–Crippen MR) is 147 cm³/mol. The molecule has 0 heterocycles. The van der Waals surface area contributed by atoms with Crippen molar-refractivity contribution < 1.29 is 22.7 Å². The van der Waals surface area contributed by atoms with E-state index in [1.807, 2.05) is 12.1 Å². The average Bonchev–Trinajstić information content (AvgIpc) is 2.87. The number of anilines is 1. The van der Waals surface area contributed by atoms with Gasteiger partial charge >= 0.3 is 6.18 Å². The zero-order valence-electron chi connectivity index (χ0n) is 22.2. The van der Waals surface area contributed by atoms with E-state index in [4.69, 9.17) is 16.3 Å². The Morgan fingerprint density at radius 3 is 1.97 bits per heavy atom. The summed E-state index contributed by atoms with van der Waals surface area (Å²) in [4.78, 5) is 13.1. The van der Waals surface area contributed by atoms with Crippen LogP contribution in [0.25, 0.3) is 0 Å². The summed E-state index contributed by atoms with van der Waals surface area (Å²) in [5.41, 5.74) is 0.219. The molecule has 0 aliphatic rings. The lowest BCUT2D eigenvalue weighted by Gasteiger charge is -2.15. The molecule has 0 bridgehead atoms. The highest BCUT2D eigenvalue weighted by Crippen LogP contribution is 2.36. The van der Waals surface area contributed by atoms with Crippen LogP contribution in [0, 0.1) is 0 Å². The minimum Gasteiger partial charge on any atom is -0.496 e. The highest BCUT2D eigenvalue weighted by molar-refractivity contribution is 6.31. The molecular weight excluding hydrogens is 499 g/mol. The molecule has 0 saturated heterocycles. The van der Waals surface area contributed by atoms with Crippen molar-refractivity contribution in [2.75, 3.05) is 12.4 Å². The first kappa shape index (κ1) is 31.0. The molecule has 0 radical (unpaired) electrons. The number of methoxy groups -OCH3 is 1. The van der Waals surface area contributed by atoms with E-state index < -0.39 is 22.7 Å². The Morgan fingerprint density at radius 2 is 1.43 bits per heavy atom. The molecule has 2 rings (SSSR count). The smallest absolute Gasteiger partial charge is 0.417 e. The molecule has 206 valence electrons. The van der Waals surface area contributed by atoms with Crippen LogP contribution >= 0.6 is 11.6 Å². The lowest BCUT2D eigenvalue weighted by molar-refractivity contribution is -0.137. The molecule has 0 aromatic heterocycles. The molecule has 0 unspecified atom stereocenters. The first-order valence-corrected chi connectivity index (χ1v) is 14.0. The average molecular weight is 540 g/mol. The summed E-state index contributed by atoms with van der Waals surface area (Å²) in [6.07, 6.45) is 12.5. The Kier molecular flexibility index (Phi) is 13.9. The zero-order chi connectivity index (χ0) is 27.1. The second-order valence-electron chi connectivity index (χ2n) is 9.63. The van der Waals surface area contributed by atoms with Gasteiger partial charge in [-0.25, -0.2) is 0 Å². The number of nitrogens with one attached hydrogen (secondary N) is 1. The van der Waals surface area contributed by atoms with Crippen molar-refractivity contribution in [2.24, 2.45) is 0 Å². The van der Waals surface area contributed by atoms with Crippen molar-refractivity contribution in [1.82, 2.24) is 0 Å². The molecule has 1 amide bonds. The van der Waals surface area contributed by atoms with Crippen molar-refractivity contribution >= 4 is 23.2 Å². The van der Waals surface area contributed by atoms with E-state index in [-0.39, 0.29) is 5.69 Å². The number of unbranched alkanes of at least 4 members (excludes halogenated alkanes) is 12. The zero-order valence-corrected chi connectivity index (χ0v) is 22.9. The number of halogens is 4. The fourth-order valence-corrected chi connectivity index (χ4v) is 4.78. The monoisotopic (exact) mass is 539 g/mol. The second kappa shape index (κ2) is 16.6. The van der Waals surface area contributed by atoms with Crippen LogP contribution in [-0.4, -0.2) is 13.0 Å². The van der Waals surface area contributed by atoms with Crippen LogP contribution in [-0.2, 0) is 12.6 Å². The number of amides is 1. The van der Waals surface area contributed by atoms with E-state index >= 15 is 0 Å². The molecule has 1 N–H and O–H groups in total. The third-order valence-corrected chi connectivity index (χ3v) is 6.97. The molecule has 7 heteroatoms. The number of hydrogen-bond donors (Lipinski definition) is 1. The SMILES string of the molecule is CCCCCCCCCCCCCCCc1cccc(OC)c1C(=O)Nc1ccc(Cl)c(C(F)(F)F)c1. The minimum atomic E-state index is -4.61. The summed E-state index contributed by atoms with van der Waals surface area (Å²) in [5.74, 6) is -0.104. The molecule has 3 nitrogen and oxygen atoms in total. The van der Waals surface area contributed by atoms with Gasteiger partial charge in [0.1, 0.15) is 5.75 Å². The standard InChI is InChI=1S/C30H41ClF3NO2/c1-3-4-5-6-7-8-9-10-11-12-13-14-15-17-23-18-16-19-27(37-2)28(23)29(36)35-24-20-21-26(31)25(22-24)30(32,33)34/h16,18-22H,3-15,17H2,1-2H3,(H,35,36). The maximum absolute atomic E-state index is 13.2. The molecule has 2 aromatic rings. The molecule has 37 heavy (non-hydrogen) atoms. The van der Waals surface area contributed by atoms with Gasteiger partial charge in [-0.2, -0.15) is 13.2 Å². The van der Waals surface area contributed by atoms with Gasteiger partial charge in [-0.1, -0.05) is 108 Å². The lowest BCUT2D eigenvalue weighted by atomic mass is 9.98. The molecule has 0 aliphatic heterocycles. The summed E-state index contributed by atoms with van der Waals surface area (Å²) in [6, 6.07) is 8.74. The van der Waals surface area contributed by atoms with Gasteiger partial charge in [0.25, 0.3) is 5.91 Å². The molecule has 0 spiro atoms. The highest BCUT2D eigenvalue weighted by Gasteiger charge is 2.33. The summed E-state index contributed by atoms with van der Waals surface area (Å²) >= 11 is 5.70. The quantitative estimate of drug-likeness (QED) is 0.203. The van der Waals surface area contributed by atoms with Gasteiger partial charge in [-0.15, -0.1) is 0 Å². The second-order valence-corrected chi connectivity index (χ2v) is 10.0. The Balaban J connectivity index is 1.83. The Hall–Kier alpha value is -2.21. The normalized spacial score (nSPS) is 11.5. The maximum Gasteiger partial charge on any atom is 0.417 e. The maximum atomic E-state index is 13.2. The van der Waals surface area contributed by atoms with Gasteiger partial charge in [0.2, 0.25) is 0 Å². The molecule has 0 atom stereocenters. The van der Waals surface area contributed by atoms with Crippen molar-refractivity contribution in [3.05, 3.63) is 58.1 Å². The fraction of sp³-hybridized carbons (Fsp3) is 0.567. The van der Waals surface area contributed by atoms with Crippen LogP contribution in [0.1, 0.15) is 112 Å². The molecule has 0 saturated carbocycles. The number of carbonyl (C=O) groups is 1. The van der Waals surface area contributed by atoms with Crippen molar-refractivity contribution in [3.8, 4) is 5.75 Å². The van der Waals surface area contributed by atoms with E-state index in [1.165, 1.54) is 77.4 Å². The van der Waals surface area contributed by atoms with Gasteiger partial charge < -0.3 is 10.1 Å². The minimum absolute atomic E-state index is 0.0274. The number of alkyl halides is 3. The van der Waals surface area contributed by atoms with Crippen molar-refractivity contribution in [1.29, 1.82) is 0 Å². The van der Waals surface area contributed by atoms with Crippen LogP contribution < -0.4 is 10.1 Å².